The maximum absolute atomic E-state index is 13.5. The molecule has 2 aliphatic rings. The normalized spacial score (nSPS) is 19.8. The van der Waals surface area contributed by atoms with Crippen LogP contribution in [0.2, 0.25) is 0 Å². The summed E-state index contributed by atoms with van der Waals surface area (Å²) < 4.78 is 22.4. The molecule has 0 saturated carbocycles. The fraction of sp³-hybridized carbons (Fsp3) is 0.467. The Labute approximate surface area is 229 Å². The predicted octanol–water partition coefficient (Wildman–Crippen LogP) is 4.19. The van der Waals surface area contributed by atoms with Crippen LogP contribution in [0.4, 0.5) is 0 Å². The average molecular weight is 539 g/mol. The Balaban J connectivity index is 1.83. The van der Waals surface area contributed by atoms with Crippen molar-refractivity contribution in [2.45, 2.75) is 45.8 Å². The van der Waals surface area contributed by atoms with Crippen LogP contribution in [0, 0.1) is 0 Å². The third-order valence-corrected chi connectivity index (χ3v) is 7.48. The van der Waals surface area contributed by atoms with Gasteiger partial charge in [0, 0.05) is 18.5 Å². The third kappa shape index (κ3) is 5.41. The summed E-state index contributed by atoms with van der Waals surface area (Å²) in [6.07, 6.45) is 1.41. The first-order chi connectivity index (χ1) is 18.8. The molecule has 0 radical (unpaired) electrons. The second kappa shape index (κ2) is 12.0. The van der Waals surface area contributed by atoms with E-state index < -0.39 is 17.7 Å². The molecule has 210 valence electrons. The number of ether oxygens (including phenoxy) is 4. The number of methoxy groups -OCH3 is 3. The number of ketones is 1. The Morgan fingerprint density at radius 1 is 1.05 bits per heavy atom. The number of hydrogen-bond donors (Lipinski definition) is 1. The zero-order valence-corrected chi connectivity index (χ0v) is 23.6. The number of hydrogen-bond acceptors (Lipinski definition) is 8. The average Bonchev–Trinajstić information content (AvgIpc) is 3.44. The molecule has 9 nitrogen and oxygen atoms in total. The van der Waals surface area contributed by atoms with Gasteiger partial charge in [-0.05, 0) is 74.4 Å². The molecule has 4 rings (SSSR count). The number of rotatable bonds is 11. The van der Waals surface area contributed by atoms with E-state index in [0.29, 0.717) is 47.8 Å². The van der Waals surface area contributed by atoms with Gasteiger partial charge in [0.05, 0.1) is 32.9 Å². The smallest absolute Gasteiger partial charge is 0.295 e. The molecule has 2 aliphatic heterocycles. The number of carbonyl (C=O) groups excluding carboxylic acids is 2. The Morgan fingerprint density at radius 3 is 2.31 bits per heavy atom. The lowest BCUT2D eigenvalue weighted by atomic mass is 9.94. The summed E-state index contributed by atoms with van der Waals surface area (Å²) in [6, 6.07) is 7.95. The van der Waals surface area contributed by atoms with Gasteiger partial charge in [-0.2, -0.15) is 0 Å². The van der Waals surface area contributed by atoms with Crippen molar-refractivity contribution in [1.82, 2.24) is 9.80 Å². The summed E-state index contributed by atoms with van der Waals surface area (Å²) in [4.78, 5) is 30.7. The van der Waals surface area contributed by atoms with E-state index in [2.05, 4.69) is 18.7 Å². The van der Waals surface area contributed by atoms with Gasteiger partial charge in [-0.1, -0.05) is 13.8 Å². The number of aliphatic hydroxyl groups is 1. The highest BCUT2D eigenvalue weighted by atomic mass is 16.5. The Kier molecular flexibility index (Phi) is 8.70. The monoisotopic (exact) mass is 538 g/mol. The van der Waals surface area contributed by atoms with Crippen LogP contribution in [0.3, 0.4) is 0 Å². The van der Waals surface area contributed by atoms with E-state index in [-0.39, 0.29) is 17.4 Å². The maximum Gasteiger partial charge on any atom is 0.295 e. The molecule has 9 heteroatoms. The van der Waals surface area contributed by atoms with Crippen molar-refractivity contribution in [2.24, 2.45) is 0 Å². The molecule has 2 aromatic rings. The number of Topliss-reactive ketones (excluding diaryl/α,β-unsaturated/α-hetero) is 1. The second-order valence-electron chi connectivity index (χ2n) is 9.79. The molecule has 2 atom stereocenters. The molecule has 0 aromatic heterocycles. The first-order valence-electron chi connectivity index (χ1n) is 13.4. The number of nitrogens with zero attached hydrogens (tertiary/aromatic N) is 2. The zero-order valence-electron chi connectivity index (χ0n) is 23.6. The van der Waals surface area contributed by atoms with Gasteiger partial charge < -0.3 is 33.9 Å². The Hall–Kier alpha value is -3.72. The van der Waals surface area contributed by atoms with Crippen molar-refractivity contribution in [3.8, 4) is 23.0 Å². The molecule has 1 N–H and O–H groups in total. The van der Waals surface area contributed by atoms with E-state index in [1.807, 2.05) is 13.0 Å². The lowest BCUT2D eigenvalue weighted by Crippen LogP contribution is -2.33. The molecular formula is C30H38N2O7. The Bertz CT molecular complexity index is 1240. The van der Waals surface area contributed by atoms with E-state index in [4.69, 9.17) is 18.9 Å². The predicted molar refractivity (Wildman–Crippen MR) is 148 cm³/mol. The van der Waals surface area contributed by atoms with E-state index >= 15 is 0 Å². The van der Waals surface area contributed by atoms with Crippen molar-refractivity contribution in [3.63, 3.8) is 0 Å². The van der Waals surface area contributed by atoms with Gasteiger partial charge >= 0.3 is 0 Å². The van der Waals surface area contributed by atoms with E-state index in [1.54, 1.807) is 24.3 Å². The van der Waals surface area contributed by atoms with Crippen LogP contribution in [0.15, 0.2) is 35.9 Å². The summed E-state index contributed by atoms with van der Waals surface area (Å²) in [5.74, 6) is 0.355. The summed E-state index contributed by atoms with van der Waals surface area (Å²) >= 11 is 0. The van der Waals surface area contributed by atoms with Crippen molar-refractivity contribution in [1.29, 1.82) is 0 Å². The molecule has 0 bridgehead atoms. The lowest BCUT2D eigenvalue weighted by molar-refractivity contribution is -0.140. The first kappa shape index (κ1) is 28.3. The summed E-state index contributed by atoms with van der Waals surface area (Å²) in [6.45, 7) is 9.07. The van der Waals surface area contributed by atoms with E-state index in [0.717, 1.165) is 30.9 Å². The minimum Gasteiger partial charge on any atom is -0.507 e. The minimum absolute atomic E-state index is 0.0315. The summed E-state index contributed by atoms with van der Waals surface area (Å²) in [5.41, 5.74) is 2.02. The van der Waals surface area contributed by atoms with Gasteiger partial charge in [0.25, 0.3) is 11.7 Å². The fourth-order valence-corrected chi connectivity index (χ4v) is 5.45. The lowest BCUT2D eigenvalue weighted by Gasteiger charge is -2.27. The number of aliphatic hydroxyl groups excluding tert-OH is 1. The number of fused-ring (bicyclic) bond motifs is 1. The highest BCUT2D eigenvalue weighted by molar-refractivity contribution is 6.46. The van der Waals surface area contributed by atoms with Crippen molar-refractivity contribution in [3.05, 3.63) is 52.6 Å². The van der Waals surface area contributed by atoms with Crippen LogP contribution in [0.1, 0.15) is 49.9 Å². The first-order valence-corrected chi connectivity index (χ1v) is 13.4. The quantitative estimate of drug-likeness (QED) is 0.258. The van der Waals surface area contributed by atoms with Gasteiger partial charge in [-0.15, -0.1) is 0 Å². The topological polar surface area (TPSA) is 97.8 Å². The fourth-order valence-electron chi connectivity index (χ4n) is 5.45. The molecule has 1 saturated heterocycles. The molecular weight excluding hydrogens is 500 g/mol. The van der Waals surface area contributed by atoms with Crippen molar-refractivity contribution >= 4 is 17.4 Å². The molecule has 39 heavy (non-hydrogen) atoms. The molecule has 0 aliphatic carbocycles. The van der Waals surface area contributed by atoms with E-state index in [9.17, 15) is 14.7 Å². The van der Waals surface area contributed by atoms with Crippen LogP contribution in [-0.2, 0) is 16.0 Å². The summed E-state index contributed by atoms with van der Waals surface area (Å²) in [5, 5.41) is 11.5. The number of carbonyl (C=O) groups is 2. The minimum atomic E-state index is -0.834. The van der Waals surface area contributed by atoms with Crippen LogP contribution < -0.4 is 18.9 Å². The van der Waals surface area contributed by atoms with Gasteiger partial charge in [-0.3, -0.25) is 9.59 Å². The van der Waals surface area contributed by atoms with Crippen LogP contribution in [-0.4, -0.2) is 80.2 Å². The summed E-state index contributed by atoms with van der Waals surface area (Å²) in [7, 11) is 4.53. The highest BCUT2D eigenvalue weighted by Gasteiger charge is 2.46. The largest absolute Gasteiger partial charge is 0.507 e. The highest BCUT2D eigenvalue weighted by Crippen LogP contribution is 2.46. The van der Waals surface area contributed by atoms with Crippen LogP contribution in [0.5, 0.6) is 23.0 Å². The zero-order chi connectivity index (χ0) is 28.3. The SMILES string of the molecule is CCN(CC)CCCN1C(=O)C(=O)C(=C(O)c2ccc3c(c2)C[C@@H](C)O3)[C@@H]1c1cc(OC)c(OC)c(OC)c1. The van der Waals surface area contributed by atoms with Gasteiger partial charge in [0.15, 0.2) is 11.5 Å². The molecule has 2 aromatic carbocycles. The molecule has 1 fully saturated rings. The molecule has 2 heterocycles. The standard InChI is InChI=1S/C30H38N2O7/c1-7-31(8-2)12-9-13-32-26(21-16-23(36-4)29(38-6)24(17-21)37-5)25(28(34)30(32)35)27(33)19-10-11-22-20(15-19)14-18(3)39-22/h10-11,15-18,26,33H,7-9,12-14H2,1-6H3/t18-,26+/m1/s1. The van der Waals surface area contributed by atoms with Gasteiger partial charge in [0.1, 0.15) is 17.6 Å². The van der Waals surface area contributed by atoms with Gasteiger partial charge in [-0.25, -0.2) is 0 Å². The molecule has 0 unspecified atom stereocenters. The van der Waals surface area contributed by atoms with E-state index in [1.165, 1.54) is 26.2 Å². The second-order valence-corrected chi connectivity index (χ2v) is 9.79. The van der Waals surface area contributed by atoms with Gasteiger partial charge in [0.2, 0.25) is 5.75 Å². The number of likely N-dealkylation sites (tertiary alicyclic amines) is 1. The maximum atomic E-state index is 13.5. The molecule has 0 spiro atoms. The van der Waals surface area contributed by atoms with Crippen LogP contribution in [0.25, 0.3) is 5.76 Å². The number of benzene rings is 2. The third-order valence-electron chi connectivity index (χ3n) is 7.48. The Morgan fingerprint density at radius 2 is 1.72 bits per heavy atom. The van der Waals surface area contributed by atoms with Crippen molar-refractivity contribution < 1.29 is 33.6 Å². The van der Waals surface area contributed by atoms with Crippen molar-refractivity contribution in [2.75, 3.05) is 47.5 Å². The number of amides is 1. The van der Waals surface area contributed by atoms with Crippen LogP contribution >= 0.6 is 0 Å². The molecule has 1 amide bonds.